The van der Waals surface area contributed by atoms with E-state index in [4.69, 9.17) is 9.47 Å². The maximum atomic E-state index is 13.6. The lowest BCUT2D eigenvalue weighted by Crippen LogP contribution is -2.39. The molecule has 1 heterocycles. The van der Waals surface area contributed by atoms with Crippen molar-refractivity contribution < 1.29 is 19.1 Å². The number of ether oxygens (including phenoxy) is 2. The van der Waals surface area contributed by atoms with Crippen molar-refractivity contribution in [3.63, 3.8) is 0 Å². The Bertz CT molecular complexity index is 1050. The highest BCUT2D eigenvalue weighted by atomic mass is 79.9. The molecule has 7 heteroatoms. The molecule has 2 aliphatic rings. The minimum atomic E-state index is -0.817. The third kappa shape index (κ3) is 3.47. The molecule has 2 aromatic rings. The van der Waals surface area contributed by atoms with Crippen LogP contribution in [0, 0.1) is 11.8 Å². The van der Waals surface area contributed by atoms with Crippen molar-refractivity contribution in [2.75, 3.05) is 24.9 Å². The van der Waals surface area contributed by atoms with Crippen LogP contribution in [0.1, 0.15) is 24.9 Å². The van der Waals surface area contributed by atoms with Crippen molar-refractivity contribution in [2.24, 2.45) is 11.8 Å². The molecular weight excluding hydrogens is 448 g/mol. The normalized spacial score (nSPS) is 22.8. The topological polar surface area (TPSA) is 76.7 Å². The summed E-state index contributed by atoms with van der Waals surface area (Å²) >= 11 is 3.54. The molecule has 2 aromatic carbocycles. The summed E-state index contributed by atoms with van der Waals surface area (Å²) < 4.78 is 11.1. The van der Waals surface area contributed by atoms with E-state index in [0.717, 1.165) is 27.1 Å². The Morgan fingerprint density at radius 2 is 1.87 bits per heavy atom. The van der Waals surface area contributed by atoms with Crippen molar-refractivity contribution in [1.29, 1.82) is 0 Å². The second-order valence-corrected chi connectivity index (χ2v) is 8.43. The molecule has 0 radical (unpaired) electrons. The van der Waals surface area contributed by atoms with Crippen LogP contribution in [0.25, 0.3) is 0 Å². The number of para-hydroxylation sites is 2. The van der Waals surface area contributed by atoms with Crippen LogP contribution >= 0.6 is 15.9 Å². The molecule has 6 nitrogen and oxygen atoms in total. The Hall–Kier alpha value is -2.80. The van der Waals surface area contributed by atoms with E-state index in [-0.39, 0.29) is 11.7 Å². The maximum Gasteiger partial charge on any atom is 0.316 e. The quantitative estimate of drug-likeness (QED) is 0.500. The van der Waals surface area contributed by atoms with E-state index in [0.29, 0.717) is 17.7 Å². The molecule has 3 atom stereocenters. The van der Waals surface area contributed by atoms with Gasteiger partial charge in [-0.15, -0.1) is 0 Å². The monoisotopic (exact) mass is 470 g/mol. The number of halogens is 1. The molecule has 156 valence electrons. The van der Waals surface area contributed by atoms with Gasteiger partial charge in [-0.3, -0.25) is 9.59 Å². The number of hydrogen-bond donors (Lipinski definition) is 2. The minimum Gasteiger partial charge on any atom is -0.496 e. The van der Waals surface area contributed by atoms with Crippen LogP contribution in [0.5, 0.6) is 5.75 Å². The van der Waals surface area contributed by atoms with Gasteiger partial charge in [-0.25, -0.2) is 0 Å². The Balaban J connectivity index is 1.87. The van der Waals surface area contributed by atoms with E-state index >= 15 is 0 Å². The van der Waals surface area contributed by atoms with E-state index in [1.165, 1.54) is 7.11 Å². The van der Waals surface area contributed by atoms with Crippen molar-refractivity contribution in [3.05, 3.63) is 63.8 Å². The number of fused-ring (bicyclic) bond motifs is 1. The number of carbonyl (C=O) groups excluding carboxylic acids is 2. The molecule has 1 aliphatic heterocycles. The van der Waals surface area contributed by atoms with E-state index in [2.05, 4.69) is 26.6 Å². The van der Waals surface area contributed by atoms with E-state index in [1.54, 1.807) is 7.11 Å². The van der Waals surface area contributed by atoms with Gasteiger partial charge in [0.15, 0.2) is 5.78 Å². The first-order chi connectivity index (χ1) is 14.4. The third-order valence-corrected chi connectivity index (χ3v) is 6.35. The van der Waals surface area contributed by atoms with E-state index in [1.807, 2.05) is 49.4 Å². The first-order valence-electron chi connectivity index (χ1n) is 9.75. The molecular formula is C23H23BrN2O4. The molecule has 2 N–H and O–H groups in total. The largest absolute Gasteiger partial charge is 0.496 e. The van der Waals surface area contributed by atoms with Crippen molar-refractivity contribution >= 4 is 39.1 Å². The highest BCUT2D eigenvalue weighted by molar-refractivity contribution is 9.10. The first kappa shape index (κ1) is 20.5. The average molecular weight is 471 g/mol. The lowest BCUT2D eigenvalue weighted by molar-refractivity contribution is -0.151. The number of ketones is 1. The number of anilines is 2. The molecule has 4 rings (SSSR count). The molecule has 0 saturated heterocycles. The second kappa shape index (κ2) is 8.14. The molecule has 1 aliphatic carbocycles. The number of allylic oxidation sites excluding steroid dienone is 1. The van der Waals surface area contributed by atoms with Crippen LogP contribution in [-0.4, -0.2) is 26.0 Å². The van der Waals surface area contributed by atoms with Gasteiger partial charge in [0.1, 0.15) is 11.7 Å². The average Bonchev–Trinajstić information content (AvgIpc) is 2.90. The third-order valence-electron chi connectivity index (χ3n) is 5.73. The van der Waals surface area contributed by atoms with Crippen LogP contribution in [0.3, 0.4) is 0 Å². The highest BCUT2D eigenvalue weighted by Gasteiger charge is 2.44. The van der Waals surface area contributed by atoms with E-state index in [9.17, 15) is 9.59 Å². The SMILES string of the molecule is COC(=O)[C@@H]1C(=O)C2=C(C[C@H]1C)Nc1ccccc1N[C@H]2c1ccc(OC)c(Br)c1. The van der Waals surface area contributed by atoms with Crippen LogP contribution < -0.4 is 15.4 Å². The number of esters is 1. The Morgan fingerprint density at radius 3 is 2.53 bits per heavy atom. The van der Waals surface area contributed by atoms with Gasteiger partial charge in [-0.1, -0.05) is 25.1 Å². The summed E-state index contributed by atoms with van der Waals surface area (Å²) in [5.41, 5.74) is 4.08. The molecule has 0 spiro atoms. The van der Waals surface area contributed by atoms with Crippen LogP contribution in [0.15, 0.2) is 58.2 Å². The van der Waals surface area contributed by atoms with Gasteiger partial charge in [0.2, 0.25) is 0 Å². The fourth-order valence-electron chi connectivity index (χ4n) is 4.25. The Labute approximate surface area is 183 Å². The lowest BCUT2D eigenvalue weighted by Gasteiger charge is -2.32. The summed E-state index contributed by atoms with van der Waals surface area (Å²) in [5.74, 6) is -0.973. The number of hydrogen-bond acceptors (Lipinski definition) is 6. The predicted octanol–water partition coefficient (Wildman–Crippen LogP) is 4.69. The summed E-state index contributed by atoms with van der Waals surface area (Å²) in [5, 5.41) is 6.95. The van der Waals surface area contributed by atoms with Gasteiger partial charge in [0.05, 0.1) is 36.1 Å². The number of carbonyl (C=O) groups is 2. The van der Waals surface area contributed by atoms with Gasteiger partial charge in [-0.05, 0) is 58.1 Å². The molecule has 30 heavy (non-hydrogen) atoms. The molecule has 0 unspecified atom stereocenters. The van der Waals surface area contributed by atoms with Gasteiger partial charge >= 0.3 is 5.97 Å². The lowest BCUT2D eigenvalue weighted by atomic mass is 9.75. The van der Waals surface area contributed by atoms with Crippen molar-refractivity contribution in [2.45, 2.75) is 19.4 Å². The first-order valence-corrected chi connectivity index (χ1v) is 10.5. The van der Waals surface area contributed by atoms with Gasteiger partial charge < -0.3 is 20.1 Å². The zero-order chi connectivity index (χ0) is 21.4. The molecule has 0 aromatic heterocycles. The number of nitrogens with one attached hydrogen (secondary N) is 2. The number of methoxy groups -OCH3 is 2. The summed E-state index contributed by atoms with van der Waals surface area (Å²) in [6.45, 7) is 1.91. The van der Waals surface area contributed by atoms with Gasteiger partial charge in [-0.2, -0.15) is 0 Å². The fraction of sp³-hybridized carbons (Fsp3) is 0.304. The van der Waals surface area contributed by atoms with Crippen molar-refractivity contribution in [1.82, 2.24) is 0 Å². The molecule has 0 saturated carbocycles. The van der Waals surface area contributed by atoms with Gasteiger partial charge in [0, 0.05) is 11.3 Å². The van der Waals surface area contributed by atoms with Crippen LogP contribution in [0.2, 0.25) is 0 Å². The summed E-state index contributed by atoms with van der Waals surface area (Å²) in [6.07, 6.45) is 0.574. The second-order valence-electron chi connectivity index (χ2n) is 7.58. The highest BCUT2D eigenvalue weighted by Crippen LogP contribution is 2.44. The standard InChI is InChI=1S/C23H23BrN2O4/c1-12-10-17-20(22(27)19(12)23(28)30-3)21(13-8-9-18(29-2)14(24)11-13)26-16-7-5-4-6-15(16)25-17/h4-9,11-12,19,21,25-26H,10H2,1-3H3/t12-,19+,21+/m1/s1. The number of rotatable bonds is 3. The number of benzene rings is 2. The Morgan fingerprint density at radius 1 is 1.13 bits per heavy atom. The predicted molar refractivity (Wildman–Crippen MR) is 118 cm³/mol. The fourth-order valence-corrected chi connectivity index (χ4v) is 4.80. The van der Waals surface area contributed by atoms with Crippen molar-refractivity contribution in [3.8, 4) is 5.75 Å². The Kier molecular flexibility index (Phi) is 5.56. The molecule has 0 amide bonds. The van der Waals surface area contributed by atoms with Crippen LogP contribution in [0.4, 0.5) is 11.4 Å². The zero-order valence-electron chi connectivity index (χ0n) is 17.0. The summed E-state index contributed by atoms with van der Waals surface area (Å²) in [4.78, 5) is 26.0. The summed E-state index contributed by atoms with van der Waals surface area (Å²) in [6, 6.07) is 13.1. The summed E-state index contributed by atoms with van der Waals surface area (Å²) in [7, 11) is 2.93. The minimum absolute atomic E-state index is 0.162. The van der Waals surface area contributed by atoms with E-state index < -0.39 is 17.9 Å². The molecule has 0 fully saturated rings. The maximum absolute atomic E-state index is 13.6. The molecule has 0 bridgehead atoms. The van der Waals surface area contributed by atoms with Gasteiger partial charge in [0.25, 0.3) is 0 Å². The zero-order valence-corrected chi connectivity index (χ0v) is 18.6. The smallest absolute Gasteiger partial charge is 0.316 e. The van der Waals surface area contributed by atoms with Crippen LogP contribution in [-0.2, 0) is 14.3 Å². The number of Topliss-reactive ketones (excluding diaryl/α,β-unsaturated/α-hetero) is 1.